The molecule has 3 aromatic rings. The van der Waals surface area contributed by atoms with Gasteiger partial charge >= 0.3 is 0 Å². The first kappa shape index (κ1) is 25.0. The van der Waals surface area contributed by atoms with Gasteiger partial charge in [0.1, 0.15) is 11.8 Å². The average molecular weight is 528 g/mol. The Morgan fingerprint density at radius 3 is 2.17 bits per heavy atom. The van der Waals surface area contributed by atoms with Gasteiger partial charge in [-0.15, -0.1) is 0 Å². The molecule has 1 fully saturated rings. The lowest BCUT2D eigenvalue weighted by molar-refractivity contribution is -0.124. The Hall–Kier alpha value is -3.13. The van der Waals surface area contributed by atoms with Gasteiger partial charge in [0.15, 0.2) is 5.11 Å². The van der Waals surface area contributed by atoms with Crippen LogP contribution in [0.15, 0.2) is 72.8 Å². The normalized spacial score (nSPS) is 15.5. The van der Waals surface area contributed by atoms with Crippen molar-refractivity contribution in [3.63, 3.8) is 0 Å². The van der Waals surface area contributed by atoms with Crippen molar-refractivity contribution >= 4 is 63.7 Å². The number of thiocarbonyl (C=S) groups is 1. The number of halogens is 2. The van der Waals surface area contributed by atoms with Crippen LogP contribution >= 0.6 is 35.4 Å². The van der Waals surface area contributed by atoms with Crippen molar-refractivity contribution in [3.8, 4) is 5.75 Å². The van der Waals surface area contributed by atoms with E-state index in [0.29, 0.717) is 45.2 Å². The van der Waals surface area contributed by atoms with Gasteiger partial charge in [-0.05, 0) is 84.9 Å². The standard InChI is InChI=1S/C26H23Cl2N3O3S/c1-34-22-12-10-21(11-13-22)31-25(33)23(16-24(32)29-20-8-6-19(28)7-9-20)30(26(31)35)15-14-17-2-4-18(27)5-3-17/h2-13,23H,14-16H2,1H3,(H,29,32)/t23-/m0/s1. The van der Waals surface area contributed by atoms with Gasteiger partial charge < -0.3 is 15.0 Å². The number of ether oxygens (including phenoxy) is 1. The molecule has 4 rings (SSSR count). The smallest absolute Gasteiger partial charge is 0.256 e. The Morgan fingerprint density at radius 2 is 1.57 bits per heavy atom. The summed E-state index contributed by atoms with van der Waals surface area (Å²) < 4.78 is 5.22. The molecule has 0 spiro atoms. The van der Waals surface area contributed by atoms with Crippen LogP contribution in [0.5, 0.6) is 5.75 Å². The molecule has 1 aliphatic rings. The van der Waals surface area contributed by atoms with Crippen molar-refractivity contribution in [3.05, 3.63) is 88.4 Å². The molecule has 3 aromatic carbocycles. The molecule has 180 valence electrons. The van der Waals surface area contributed by atoms with Crippen LogP contribution in [-0.4, -0.2) is 41.5 Å². The first-order valence-electron chi connectivity index (χ1n) is 10.9. The van der Waals surface area contributed by atoms with Gasteiger partial charge in [-0.3, -0.25) is 14.5 Å². The third kappa shape index (κ3) is 5.93. The summed E-state index contributed by atoms with van der Waals surface area (Å²) in [5.74, 6) is 0.133. The van der Waals surface area contributed by atoms with Crippen LogP contribution in [-0.2, 0) is 16.0 Å². The van der Waals surface area contributed by atoms with Crippen LogP contribution in [0.4, 0.5) is 11.4 Å². The summed E-state index contributed by atoms with van der Waals surface area (Å²) >= 11 is 17.7. The molecule has 1 N–H and O–H groups in total. The lowest BCUT2D eigenvalue weighted by Gasteiger charge is -2.24. The number of hydrogen-bond acceptors (Lipinski definition) is 4. The topological polar surface area (TPSA) is 61.9 Å². The molecule has 0 radical (unpaired) electrons. The molecule has 6 nitrogen and oxygen atoms in total. The Labute approximate surface area is 219 Å². The number of hydrogen-bond donors (Lipinski definition) is 1. The second-order valence-corrected chi connectivity index (χ2v) is 9.24. The van der Waals surface area contributed by atoms with E-state index >= 15 is 0 Å². The maximum Gasteiger partial charge on any atom is 0.256 e. The lowest BCUT2D eigenvalue weighted by Crippen LogP contribution is -2.39. The van der Waals surface area contributed by atoms with E-state index in [4.69, 9.17) is 40.2 Å². The highest BCUT2D eigenvalue weighted by molar-refractivity contribution is 7.80. The summed E-state index contributed by atoms with van der Waals surface area (Å²) in [5, 5.41) is 4.42. The minimum absolute atomic E-state index is 0.0468. The van der Waals surface area contributed by atoms with E-state index < -0.39 is 6.04 Å². The molecule has 0 unspecified atom stereocenters. The fourth-order valence-corrected chi connectivity index (χ4v) is 4.54. The number of benzene rings is 3. The predicted octanol–water partition coefficient (Wildman–Crippen LogP) is 5.58. The number of carbonyl (C=O) groups is 2. The van der Waals surface area contributed by atoms with Crippen LogP contribution in [0.2, 0.25) is 10.0 Å². The van der Waals surface area contributed by atoms with Gasteiger partial charge in [-0.25, -0.2) is 0 Å². The van der Waals surface area contributed by atoms with Crippen molar-refractivity contribution in [1.29, 1.82) is 0 Å². The van der Waals surface area contributed by atoms with E-state index in [-0.39, 0.29) is 18.2 Å². The molecule has 1 aliphatic heterocycles. The Bertz CT molecular complexity index is 1220. The molecule has 0 saturated carbocycles. The zero-order valence-corrected chi connectivity index (χ0v) is 21.2. The molecule has 0 aromatic heterocycles. The number of carbonyl (C=O) groups excluding carboxylic acids is 2. The Balaban J connectivity index is 1.55. The maximum atomic E-state index is 13.5. The summed E-state index contributed by atoms with van der Waals surface area (Å²) in [4.78, 5) is 29.7. The van der Waals surface area contributed by atoms with Crippen LogP contribution in [0.1, 0.15) is 12.0 Å². The maximum absolute atomic E-state index is 13.5. The van der Waals surface area contributed by atoms with E-state index in [1.807, 2.05) is 29.2 Å². The van der Waals surface area contributed by atoms with Crippen molar-refractivity contribution in [1.82, 2.24) is 4.90 Å². The number of amides is 2. The van der Waals surface area contributed by atoms with Crippen LogP contribution < -0.4 is 15.0 Å². The molecule has 9 heteroatoms. The fraction of sp³-hybridized carbons (Fsp3) is 0.192. The first-order valence-corrected chi connectivity index (χ1v) is 12.1. The number of rotatable bonds is 8. The van der Waals surface area contributed by atoms with Crippen LogP contribution in [0.3, 0.4) is 0 Å². The largest absolute Gasteiger partial charge is 0.497 e. The Morgan fingerprint density at radius 1 is 0.971 bits per heavy atom. The average Bonchev–Trinajstić information content (AvgIpc) is 3.08. The van der Waals surface area contributed by atoms with Gasteiger partial charge in [0, 0.05) is 22.3 Å². The van der Waals surface area contributed by atoms with Crippen molar-refractivity contribution in [2.45, 2.75) is 18.9 Å². The fourth-order valence-electron chi connectivity index (χ4n) is 3.88. The third-order valence-corrected chi connectivity index (χ3v) is 6.63. The summed E-state index contributed by atoms with van der Waals surface area (Å²) in [6.07, 6.45) is 0.589. The van der Waals surface area contributed by atoms with Crippen molar-refractivity contribution < 1.29 is 14.3 Å². The second-order valence-electron chi connectivity index (χ2n) is 8.00. The summed E-state index contributed by atoms with van der Waals surface area (Å²) in [6, 6.07) is 20.7. The minimum atomic E-state index is -0.732. The monoisotopic (exact) mass is 527 g/mol. The number of anilines is 2. The molecule has 1 atom stereocenters. The molecule has 0 bridgehead atoms. The minimum Gasteiger partial charge on any atom is -0.497 e. The highest BCUT2D eigenvalue weighted by Crippen LogP contribution is 2.29. The molecule has 0 aliphatic carbocycles. The molecule has 1 saturated heterocycles. The van der Waals surface area contributed by atoms with E-state index in [1.165, 1.54) is 4.90 Å². The SMILES string of the molecule is COc1ccc(N2C(=O)[C@H](CC(=O)Nc3ccc(Cl)cc3)N(CCc3ccc(Cl)cc3)C2=S)cc1. The highest BCUT2D eigenvalue weighted by Gasteiger charge is 2.43. The molecular weight excluding hydrogens is 505 g/mol. The predicted molar refractivity (Wildman–Crippen MR) is 143 cm³/mol. The summed E-state index contributed by atoms with van der Waals surface area (Å²) in [6.45, 7) is 0.470. The molecule has 35 heavy (non-hydrogen) atoms. The second kappa shape index (κ2) is 11.1. The molecule has 1 heterocycles. The van der Waals surface area contributed by atoms with Gasteiger partial charge in [-0.1, -0.05) is 35.3 Å². The molecular formula is C26H23Cl2N3O3S. The quantitative estimate of drug-likeness (QED) is 0.387. The number of methoxy groups -OCH3 is 1. The highest BCUT2D eigenvalue weighted by atomic mass is 35.5. The first-order chi connectivity index (χ1) is 16.9. The zero-order chi connectivity index (χ0) is 24.9. The van der Waals surface area contributed by atoms with Crippen molar-refractivity contribution in [2.24, 2.45) is 0 Å². The van der Waals surface area contributed by atoms with Gasteiger partial charge in [0.05, 0.1) is 19.2 Å². The van der Waals surface area contributed by atoms with E-state index in [9.17, 15) is 9.59 Å². The van der Waals surface area contributed by atoms with Gasteiger partial charge in [0.25, 0.3) is 5.91 Å². The summed E-state index contributed by atoms with van der Waals surface area (Å²) in [7, 11) is 1.58. The van der Waals surface area contributed by atoms with Gasteiger partial charge in [-0.2, -0.15) is 0 Å². The number of nitrogens with zero attached hydrogens (tertiary/aromatic N) is 2. The lowest BCUT2D eigenvalue weighted by atomic mass is 10.1. The van der Waals surface area contributed by atoms with E-state index in [2.05, 4.69) is 5.32 Å². The van der Waals surface area contributed by atoms with E-state index in [0.717, 1.165) is 5.56 Å². The van der Waals surface area contributed by atoms with Crippen LogP contribution in [0, 0.1) is 0 Å². The third-order valence-electron chi connectivity index (χ3n) is 5.71. The zero-order valence-electron chi connectivity index (χ0n) is 18.9. The molecule has 2 amide bonds. The van der Waals surface area contributed by atoms with Gasteiger partial charge in [0.2, 0.25) is 5.91 Å². The Kier molecular flexibility index (Phi) is 7.90. The summed E-state index contributed by atoms with van der Waals surface area (Å²) in [5.41, 5.74) is 2.28. The van der Waals surface area contributed by atoms with Crippen molar-refractivity contribution in [2.75, 3.05) is 23.9 Å². The number of nitrogens with one attached hydrogen (secondary N) is 1. The van der Waals surface area contributed by atoms with Crippen LogP contribution in [0.25, 0.3) is 0 Å². The van der Waals surface area contributed by atoms with E-state index in [1.54, 1.807) is 55.6 Å².